The van der Waals surface area contributed by atoms with Crippen molar-refractivity contribution in [3.05, 3.63) is 422 Å². The first kappa shape index (κ1) is 71.8. The molecule has 0 fully saturated rings. The summed E-state index contributed by atoms with van der Waals surface area (Å²) in [5.41, 5.74) is 6.97. The Bertz CT molecular complexity index is 7210. The Morgan fingerprint density at radius 2 is 0.517 bits per heavy atom. The molecule has 0 aliphatic carbocycles. The molecule has 14 heteroatoms. The highest BCUT2D eigenvalue weighted by molar-refractivity contribution is 9.10. The van der Waals surface area contributed by atoms with Gasteiger partial charge in [-0.1, -0.05) is 368 Å². The van der Waals surface area contributed by atoms with Crippen molar-refractivity contribution in [2.45, 2.75) is 0 Å². The monoisotopic (exact) mass is 1640 g/mol. The Hall–Kier alpha value is -13.2. The van der Waals surface area contributed by atoms with Gasteiger partial charge >= 0.3 is 0 Å². The van der Waals surface area contributed by atoms with Gasteiger partial charge in [-0.25, -0.2) is 4.98 Å². The summed E-state index contributed by atoms with van der Waals surface area (Å²) in [4.78, 5) is 29.2. The number of hydrogen-bond acceptors (Lipinski definition) is 8. The molecule has 550 valence electrons. The van der Waals surface area contributed by atoms with Crippen LogP contribution in [0.5, 0.6) is 0 Å². The Kier molecular flexibility index (Phi) is 19.2. The first-order valence-corrected chi connectivity index (χ1v) is 45.3. The van der Waals surface area contributed by atoms with Crippen LogP contribution in [0.1, 0.15) is 0 Å². The van der Waals surface area contributed by atoms with E-state index in [1.54, 1.807) is 0 Å². The largest absolute Gasteiger partial charge is 0.278 e. The quantitative estimate of drug-likeness (QED) is 0.0844. The van der Waals surface area contributed by atoms with Gasteiger partial charge in [-0.3, -0.25) is 9.13 Å². The van der Waals surface area contributed by atoms with Gasteiger partial charge in [0.05, 0.1) is 22.1 Å². The van der Waals surface area contributed by atoms with Crippen molar-refractivity contribution in [2.75, 3.05) is 0 Å². The molecule has 6 aromatic heterocycles. The molecule has 116 heavy (non-hydrogen) atoms. The molecule has 0 atom stereocenters. The van der Waals surface area contributed by atoms with E-state index in [-0.39, 0.29) is 5.28 Å². The van der Waals surface area contributed by atoms with E-state index in [1.165, 1.54) is 81.8 Å². The number of thiophene rings is 2. The van der Waals surface area contributed by atoms with E-state index < -0.39 is 16.1 Å². The van der Waals surface area contributed by atoms with E-state index in [4.69, 9.17) is 31.5 Å². The average molecular weight is 1640 g/mol. The van der Waals surface area contributed by atoms with Crippen LogP contribution in [0.25, 0.3) is 130 Å². The zero-order valence-electron chi connectivity index (χ0n) is 62.4. The molecule has 0 N–H and O–H groups in total. The van der Waals surface area contributed by atoms with Gasteiger partial charge in [0.15, 0.2) is 33.6 Å². The first-order valence-electron chi connectivity index (χ1n) is 38.5. The van der Waals surface area contributed by atoms with Crippen molar-refractivity contribution in [3.8, 4) is 46.1 Å². The Morgan fingerprint density at radius 1 is 0.224 bits per heavy atom. The van der Waals surface area contributed by atoms with Crippen molar-refractivity contribution in [3.63, 3.8) is 0 Å². The number of aromatic nitrogens is 8. The summed E-state index contributed by atoms with van der Waals surface area (Å²) in [6.07, 6.45) is 0. The summed E-state index contributed by atoms with van der Waals surface area (Å²) >= 11 is 13.7. The smallest absolute Gasteiger partial charge is 0.239 e. The van der Waals surface area contributed by atoms with Gasteiger partial charge in [0.1, 0.15) is 0 Å². The molecule has 0 unspecified atom stereocenters. The second-order valence-corrected chi connectivity index (χ2v) is 39.7. The van der Waals surface area contributed by atoms with Crippen molar-refractivity contribution in [2.24, 2.45) is 0 Å². The fourth-order valence-corrected chi connectivity index (χ4v) is 29.6. The van der Waals surface area contributed by atoms with Gasteiger partial charge < -0.3 is 0 Å². The zero-order chi connectivity index (χ0) is 77.5. The third-order valence-electron chi connectivity index (χ3n) is 22.1. The first-order chi connectivity index (χ1) is 57.3. The number of rotatable bonds is 13. The molecule has 0 saturated carbocycles. The number of nitrogens with zero attached hydrogens (tertiary/aromatic N) is 8. The number of halogens is 2. The van der Waals surface area contributed by atoms with Gasteiger partial charge in [-0.2, -0.15) is 24.9 Å². The molecule has 22 aromatic rings. The molecule has 22 rings (SSSR count). The van der Waals surface area contributed by atoms with E-state index in [0.29, 0.717) is 29.4 Å². The van der Waals surface area contributed by atoms with Gasteiger partial charge in [0.2, 0.25) is 17.2 Å². The number of para-hydroxylation sites is 4. The van der Waals surface area contributed by atoms with Gasteiger partial charge in [0, 0.05) is 83.1 Å². The lowest BCUT2D eigenvalue weighted by Gasteiger charge is -2.34. The molecular formula is C102H68BrClN8S2Si2. The second-order valence-electron chi connectivity index (χ2n) is 28.7. The lowest BCUT2D eigenvalue weighted by Crippen LogP contribution is -2.74. The van der Waals surface area contributed by atoms with Crippen LogP contribution in [0.15, 0.2) is 417 Å². The summed E-state index contributed by atoms with van der Waals surface area (Å²) < 4.78 is 10.6. The molecule has 16 aromatic carbocycles. The number of fused-ring (bicyclic) bond motifs is 12. The highest BCUT2D eigenvalue weighted by Crippen LogP contribution is 2.38. The maximum atomic E-state index is 6.24. The Morgan fingerprint density at radius 3 is 0.922 bits per heavy atom. The SMILES string of the molecule is Brc1cccc([Si](c2ccccc2)(c2ccccc2)c2ccc3sc4ccccc4c3c2)c1.Clc1nc(-c2ccccc2)nc(-n2c3ccccc3c3ccccc32)n1.c1ccc(-c2nc(-c3cccc([Si](c4ccccc4)(c4ccccc4)c4ccc5sc6ccccc6c5c4)c3)nc(-n3c4ccccc4c4ccccc43)n2)cc1. The second kappa shape index (κ2) is 30.9. The molecule has 0 saturated heterocycles. The summed E-state index contributed by atoms with van der Waals surface area (Å²) in [7, 11) is -5.47. The summed E-state index contributed by atoms with van der Waals surface area (Å²) in [5, 5.41) is 20.9. The van der Waals surface area contributed by atoms with E-state index in [1.807, 2.05) is 100 Å². The van der Waals surface area contributed by atoms with Gasteiger partial charge in [0.25, 0.3) is 0 Å². The van der Waals surface area contributed by atoms with E-state index in [0.717, 1.165) is 64.8 Å². The third-order valence-corrected chi connectivity index (χ3v) is 34.6. The lowest BCUT2D eigenvalue weighted by molar-refractivity contribution is 0.947. The zero-order valence-corrected chi connectivity index (χ0v) is 68.4. The molecule has 8 nitrogen and oxygen atoms in total. The minimum absolute atomic E-state index is 0.177. The predicted octanol–water partition coefficient (Wildman–Crippen LogP) is 21.5. The molecule has 0 spiro atoms. The van der Waals surface area contributed by atoms with Gasteiger partial charge in [-0.05, 0) is 114 Å². The molecule has 0 radical (unpaired) electrons. The molecule has 0 bridgehead atoms. The van der Waals surface area contributed by atoms with E-state index >= 15 is 0 Å². The Labute approximate surface area is 693 Å². The fraction of sp³-hybridized carbons (Fsp3) is 0. The minimum Gasteiger partial charge on any atom is -0.278 e. The van der Waals surface area contributed by atoms with Crippen LogP contribution in [0, 0.1) is 0 Å². The molecular weight excluding hydrogens is 1570 g/mol. The Balaban J connectivity index is 0.000000124. The normalized spacial score (nSPS) is 11.7. The number of hydrogen-bond donors (Lipinski definition) is 0. The molecule has 0 aliphatic rings. The minimum atomic E-state index is -2.93. The van der Waals surface area contributed by atoms with Crippen LogP contribution < -0.4 is 41.5 Å². The fourth-order valence-electron chi connectivity index (χ4n) is 17.0. The average Bonchev–Trinajstić information content (AvgIpc) is 0.885. The van der Waals surface area contributed by atoms with E-state index in [2.05, 4.69) is 370 Å². The summed E-state index contributed by atoms with van der Waals surface area (Å²) in [6.45, 7) is 0. The predicted molar refractivity (Wildman–Crippen MR) is 497 cm³/mol. The standard InChI is InChI=1S/C51H34N4SSi.C30H21BrSSi.C21H13ClN4/c1-4-17-35(18-5-1)49-52-50(54-51(53-49)55-45-28-13-10-25-41(45)42-26-11-14-29-46(42)55)36-19-16-24-39(33-36)57(37-20-6-2-7-21-37,38-22-8-3-9-23-38)40-31-32-48-44(34-40)43-27-12-15-30-47(43)56-48;31-22-10-9-15-25(20-22)33(23-11-3-1-4-12-23,24-13-5-2-6-14-24)26-18-19-30-28(21-26)27-16-7-8-17-29(27)32-30;22-20-23-19(14-8-2-1-3-9-14)24-21(25-20)26-17-12-6-4-10-15(17)16-11-5-7-13-18(16)26/h1-34H;1-21H;1-13H. The lowest BCUT2D eigenvalue weighted by atomic mass is 10.1. The maximum absolute atomic E-state index is 6.24. The maximum Gasteiger partial charge on any atom is 0.239 e. The van der Waals surface area contributed by atoms with Crippen LogP contribution in [0.3, 0.4) is 0 Å². The van der Waals surface area contributed by atoms with Crippen LogP contribution in [0.4, 0.5) is 0 Å². The van der Waals surface area contributed by atoms with Crippen LogP contribution >= 0.6 is 50.2 Å². The third kappa shape index (κ3) is 12.9. The van der Waals surface area contributed by atoms with Crippen LogP contribution in [0.2, 0.25) is 5.28 Å². The van der Waals surface area contributed by atoms with Crippen molar-refractivity contribution in [1.29, 1.82) is 0 Å². The van der Waals surface area contributed by atoms with Crippen molar-refractivity contribution in [1.82, 2.24) is 39.0 Å². The van der Waals surface area contributed by atoms with E-state index in [9.17, 15) is 0 Å². The molecule has 0 aliphatic heterocycles. The highest BCUT2D eigenvalue weighted by atomic mass is 79.9. The van der Waals surface area contributed by atoms with Crippen LogP contribution in [-0.2, 0) is 0 Å². The highest BCUT2D eigenvalue weighted by Gasteiger charge is 2.44. The van der Waals surface area contributed by atoms with Crippen LogP contribution in [-0.4, -0.2) is 55.2 Å². The molecule has 0 amide bonds. The number of benzene rings is 16. The molecule has 6 heterocycles. The summed E-state index contributed by atoms with van der Waals surface area (Å²) in [5.74, 6) is 2.92. The van der Waals surface area contributed by atoms with Gasteiger partial charge in [-0.15, -0.1) is 22.7 Å². The summed E-state index contributed by atoms with van der Waals surface area (Å²) in [6, 6.07) is 148. The topological polar surface area (TPSA) is 87.2 Å². The van der Waals surface area contributed by atoms with Crippen molar-refractivity contribution < 1.29 is 0 Å². The van der Waals surface area contributed by atoms with Crippen molar-refractivity contribution >= 4 is 192 Å².